The lowest BCUT2D eigenvalue weighted by molar-refractivity contribution is -0.137. The van der Waals surface area contributed by atoms with E-state index in [2.05, 4.69) is 15.5 Å². The number of aromatic nitrogens is 4. The third kappa shape index (κ3) is 4.09. The highest BCUT2D eigenvalue weighted by Crippen LogP contribution is 2.15. The van der Waals surface area contributed by atoms with Gasteiger partial charge < -0.3 is 10.4 Å². The SMILES string of the molecule is Cc1cc(NC(=O)c2ccnn2CC(=O)O)nn1Cc1cccc(Cl)c1. The second kappa shape index (κ2) is 7.40. The summed E-state index contributed by atoms with van der Waals surface area (Å²) in [4.78, 5) is 23.2. The van der Waals surface area contributed by atoms with E-state index in [0.717, 1.165) is 15.9 Å². The Morgan fingerprint density at radius 2 is 2.04 bits per heavy atom. The number of carboxylic acids is 1. The molecule has 0 fully saturated rings. The summed E-state index contributed by atoms with van der Waals surface area (Å²) in [6.45, 7) is 2.00. The first-order valence-corrected chi connectivity index (χ1v) is 8.14. The van der Waals surface area contributed by atoms with Gasteiger partial charge in [-0.1, -0.05) is 23.7 Å². The summed E-state index contributed by atoms with van der Waals surface area (Å²) < 4.78 is 2.86. The fourth-order valence-electron chi connectivity index (χ4n) is 2.50. The lowest BCUT2D eigenvalue weighted by Gasteiger charge is -2.06. The van der Waals surface area contributed by atoms with E-state index in [-0.39, 0.29) is 5.69 Å². The Balaban J connectivity index is 1.74. The number of carbonyl (C=O) groups is 2. The number of benzene rings is 1. The smallest absolute Gasteiger partial charge is 0.325 e. The highest BCUT2D eigenvalue weighted by molar-refractivity contribution is 6.30. The molecule has 1 aromatic carbocycles. The van der Waals surface area contributed by atoms with E-state index in [1.165, 1.54) is 12.3 Å². The van der Waals surface area contributed by atoms with Gasteiger partial charge in [0.15, 0.2) is 5.82 Å². The normalized spacial score (nSPS) is 10.7. The summed E-state index contributed by atoms with van der Waals surface area (Å²) in [5.41, 5.74) is 2.00. The van der Waals surface area contributed by atoms with Crippen LogP contribution in [0.1, 0.15) is 21.7 Å². The van der Waals surface area contributed by atoms with Gasteiger partial charge in [-0.05, 0) is 30.7 Å². The lowest BCUT2D eigenvalue weighted by atomic mass is 10.2. The van der Waals surface area contributed by atoms with Crippen LogP contribution in [0.4, 0.5) is 5.82 Å². The number of hydrogen-bond donors (Lipinski definition) is 2. The molecule has 2 heterocycles. The van der Waals surface area contributed by atoms with Gasteiger partial charge in [-0.2, -0.15) is 10.2 Å². The van der Waals surface area contributed by atoms with Crippen LogP contribution in [0.25, 0.3) is 0 Å². The van der Waals surface area contributed by atoms with E-state index in [4.69, 9.17) is 16.7 Å². The molecule has 0 saturated carbocycles. The van der Waals surface area contributed by atoms with E-state index in [1.807, 2.05) is 25.1 Å². The van der Waals surface area contributed by atoms with Crippen molar-refractivity contribution in [2.45, 2.75) is 20.0 Å². The summed E-state index contributed by atoms with van der Waals surface area (Å²) >= 11 is 6.00. The Bertz CT molecular complexity index is 963. The monoisotopic (exact) mass is 373 g/mol. The van der Waals surface area contributed by atoms with E-state index < -0.39 is 18.4 Å². The molecule has 0 aliphatic rings. The van der Waals surface area contributed by atoms with E-state index >= 15 is 0 Å². The molecule has 0 bridgehead atoms. The minimum absolute atomic E-state index is 0.148. The summed E-state index contributed by atoms with van der Waals surface area (Å²) in [5, 5.41) is 20.4. The number of hydrogen-bond acceptors (Lipinski definition) is 4. The van der Waals surface area contributed by atoms with Crippen molar-refractivity contribution in [3.63, 3.8) is 0 Å². The van der Waals surface area contributed by atoms with Crippen molar-refractivity contribution in [2.24, 2.45) is 0 Å². The average Bonchev–Trinajstić information content (AvgIpc) is 3.14. The summed E-state index contributed by atoms with van der Waals surface area (Å²) in [6, 6.07) is 10.6. The van der Waals surface area contributed by atoms with Crippen LogP contribution in [0.15, 0.2) is 42.6 Å². The van der Waals surface area contributed by atoms with Gasteiger partial charge in [0.05, 0.1) is 6.54 Å². The van der Waals surface area contributed by atoms with Crippen molar-refractivity contribution < 1.29 is 14.7 Å². The Kier molecular flexibility index (Phi) is 5.04. The van der Waals surface area contributed by atoms with Gasteiger partial charge >= 0.3 is 5.97 Å². The van der Waals surface area contributed by atoms with Gasteiger partial charge in [0.2, 0.25) is 0 Å². The third-order valence-electron chi connectivity index (χ3n) is 3.68. The molecule has 2 aromatic heterocycles. The first-order valence-electron chi connectivity index (χ1n) is 7.76. The molecule has 9 heteroatoms. The molecular weight excluding hydrogens is 358 g/mol. The predicted octanol–water partition coefficient (Wildman–Crippen LogP) is 2.43. The number of nitrogens with one attached hydrogen (secondary N) is 1. The van der Waals surface area contributed by atoms with Gasteiger partial charge in [0, 0.05) is 23.0 Å². The maximum atomic E-state index is 12.4. The highest BCUT2D eigenvalue weighted by atomic mass is 35.5. The molecule has 26 heavy (non-hydrogen) atoms. The quantitative estimate of drug-likeness (QED) is 0.690. The van der Waals surface area contributed by atoms with E-state index in [1.54, 1.807) is 16.8 Å². The number of aryl methyl sites for hydroxylation is 1. The Hall–Kier alpha value is -3.13. The van der Waals surface area contributed by atoms with Crippen molar-refractivity contribution in [2.75, 3.05) is 5.32 Å². The van der Waals surface area contributed by atoms with E-state index in [9.17, 15) is 9.59 Å². The van der Waals surface area contributed by atoms with Gasteiger partial charge in [0.25, 0.3) is 5.91 Å². The Morgan fingerprint density at radius 1 is 1.23 bits per heavy atom. The Labute approximate surface area is 154 Å². The number of amides is 1. The molecule has 1 amide bonds. The fourth-order valence-corrected chi connectivity index (χ4v) is 2.71. The van der Waals surface area contributed by atoms with Crippen LogP contribution >= 0.6 is 11.6 Å². The molecule has 3 rings (SSSR count). The third-order valence-corrected chi connectivity index (χ3v) is 3.91. The van der Waals surface area contributed by atoms with Crippen LogP contribution in [0.5, 0.6) is 0 Å². The maximum Gasteiger partial charge on any atom is 0.325 e. The minimum atomic E-state index is -1.08. The van der Waals surface area contributed by atoms with Crippen LogP contribution in [-0.2, 0) is 17.9 Å². The average molecular weight is 374 g/mol. The van der Waals surface area contributed by atoms with Gasteiger partial charge in [-0.15, -0.1) is 0 Å². The minimum Gasteiger partial charge on any atom is -0.480 e. The molecule has 2 N–H and O–H groups in total. The fraction of sp³-hybridized carbons (Fsp3) is 0.176. The molecule has 0 saturated heterocycles. The second-order valence-electron chi connectivity index (χ2n) is 5.68. The van der Waals surface area contributed by atoms with Crippen molar-refractivity contribution in [3.8, 4) is 0 Å². The van der Waals surface area contributed by atoms with Crippen molar-refractivity contribution in [3.05, 3.63) is 64.6 Å². The van der Waals surface area contributed by atoms with Gasteiger partial charge in [-0.3, -0.25) is 14.3 Å². The highest BCUT2D eigenvalue weighted by Gasteiger charge is 2.16. The Morgan fingerprint density at radius 3 is 2.77 bits per heavy atom. The largest absolute Gasteiger partial charge is 0.480 e. The topological polar surface area (TPSA) is 102 Å². The molecule has 0 aliphatic heterocycles. The van der Waals surface area contributed by atoms with Crippen LogP contribution < -0.4 is 5.32 Å². The number of halogens is 1. The summed E-state index contributed by atoms with van der Waals surface area (Å²) in [6.07, 6.45) is 1.38. The zero-order valence-electron chi connectivity index (χ0n) is 13.9. The van der Waals surface area contributed by atoms with Crippen molar-refractivity contribution in [1.29, 1.82) is 0 Å². The molecule has 0 atom stereocenters. The molecule has 8 nitrogen and oxygen atoms in total. The van der Waals surface area contributed by atoms with Crippen LogP contribution in [-0.4, -0.2) is 36.5 Å². The standard InChI is InChI=1S/C17H16ClN5O3/c1-11-7-15(21-22(11)9-12-3-2-4-13(18)8-12)20-17(26)14-5-6-19-23(14)10-16(24)25/h2-8H,9-10H2,1H3,(H,24,25)(H,20,21,26). The first kappa shape index (κ1) is 17.7. The number of carbonyl (C=O) groups excluding carboxylic acids is 1. The first-order chi connectivity index (χ1) is 12.4. The molecule has 0 spiro atoms. The van der Waals surface area contributed by atoms with Crippen LogP contribution in [0.2, 0.25) is 5.02 Å². The molecule has 0 unspecified atom stereocenters. The maximum absolute atomic E-state index is 12.4. The summed E-state index contributed by atoms with van der Waals surface area (Å²) in [5.74, 6) is -1.18. The van der Waals surface area contributed by atoms with Gasteiger partial charge in [-0.25, -0.2) is 4.68 Å². The van der Waals surface area contributed by atoms with E-state index in [0.29, 0.717) is 17.4 Å². The van der Waals surface area contributed by atoms with Gasteiger partial charge in [0.1, 0.15) is 12.2 Å². The molecule has 134 valence electrons. The predicted molar refractivity (Wildman–Crippen MR) is 95.3 cm³/mol. The summed E-state index contributed by atoms with van der Waals surface area (Å²) in [7, 11) is 0. The lowest BCUT2D eigenvalue weighted by Crippen LogP contribution is -2.21. The van der Waals surface area contributed by atoms with Crippen molar-refractivity contribution in [1.82, 2.24) is 19.6 Å². The number of carboxylic acid groups (broad SMARTS) is 1. The van der Waals surface area contributed by atoms with Crippen LogP contribution in [0, 0.1) is 6.92 Å². The number of nitrogens with zero attached hydrogens (tertiary/aromatic N) is 4. The number of rotatable bonds is 6. The van der Waals surface area contributed by atoms with Crippen molar-refractivity contribution >= 4 is 29.3 Å². The second-order valence-corrected chi connectivity index (χ2v) is 6.12. The zero-order chi connectivity index (χ0) is 18.7. The zero-order valence-corrected chi connectivity index (χ0v) is 14.6. The number of aliphatic carboxylic acids is 1. The number of anilines is 1. The molecular formula is C17H16ClN5O3. The molecule has 0 aliphatic carbocycles. The molecule has 3 aromatic rings. The van der Waals surface area contributed by atoms with Crippen LogP contribution in [0.3, 0.4) is 0 Å². The molecule has 0 radical (unpaired) electrons.